The van der Waals surface area contributed by atoms with Crippen LogP contribution in [0.25, 0.3) is 0 Å². The van der Waals surface area contributed by atoms with Gasteiger partial charge in [-0.15, -0.1) is 0 Å². The summed E-state index contributed by atoms with van der Waals surface area (Å²) < 4.78 is 0. The van der Waals surface area contributed by atoms with Crippen molar-refractivity contribution in [3.05, 3.63) is 27.7 Å². The number of likely N-dealkylation sites (N-methyl/N-ethyl adjacent to an activating group) is 1. The van der Waals surface area contributed by atoms with Crippen LogP contribution in [0, 0.1) is 6.92 Å². The van der Waals surface area contributed by atoms with Crippen LogP contribution in [0.5, 0.6) is 0 Å². The molecule has 0 aromatic heterocycles. The molecule has 1 saturated heterocycles. The third-order valence-electron chi connectivity index (χ3n) is 3.32. The predicted octanol–water partition coefficient (Wildman–Crippen LogP) is 2.14. The van der Waals surface area contributed by atoms with Crippen molar-refractivity contribution in [2.75, 3.05) is 32.0 Å². The monoisotopic (exact) mass is 301 g/mol. The van der Waals surface area contributed by atoms with Gasteiger partial charge < -0.3 is 10.6 Å². The fraction of sp³-hybridized carbons (Fsp3) is 0.462. The van der Waals surface area contributed by atoms with E-state index >= 15 is 0 Å². The Bertz CT molecular complexity index is 489. The molecule has 0 bridgehead atoms. The van der Waals surface area contributed by atoms with Crippen molar-refractivity contribution in [2.45, 2.75) is 13.0 Å². The van der Waals surface area contributed by atoms with E-state index < -0.39 is 0 Å². The first kappa shape index (κ1) is 14.6. The molecule has 6 heteroatoms. The van der Waals surface area contributed by atoms with Crippen molar-refractivity contribution in [2.24, 2.45) is 0 Å². The maximum atomic E-state index is 12.0. The zero-order chi connectivity index (χ0) is 14.0. The number of nitrogens with zero attached hydrogens (tertiary/aromatic N) is 1. The van der Waals surface area contributed by atoms with E-state index in [0.29, 0.717) is 28.3 Å². The summed E-state index contributed by atoms with van der Waals surface area (Å²) in [6, 6.07) is 3.99. The lowest BCUT2D eigenvalue weighted by Crippen LogP contribution is -2.57. The number of hydrogen-bond acceptors (Lipinski definition) is 3. The Balaban J connectivity index is 2.00. The summed E-state index contributed by atoms with van der Waals surface area (Å²) in [4.78, 5) is 14.0. The molecule has 0 spiro atoms. The van der Waals surface area contributed by atoms with Gasteiger partial charge in [0.2, 0.25) is 5.91 Å². The summed E-state index contributed by atoms with van der Waals surface area (Å²) in [6.07, 6.45) is 0. The second-order valence-corrected chi connectivity index (χ2v) is 5.61. The van der Waals surface area contributed by atoms with Crippen molar-refractivity contribution < 1.29 is 4.79 Å². The van der Waals surface area contributed by atoms with Crippen LogP contribution in [0.3, 0.4) is 0 Å². The van der Waals surface area contributed by atoms with E-state index in [9.17, 15) is 4.79 Å². The van der Waals surface area contributed by atoms with E-state index in [4.69, 9.17) is 23.2 Å². The molecule has 0 aliphatic carbocycles. The summed E-state index contributed by atoms with van der Waals surface area (Å²) in [5.74, 6) is -0.108. The molecule has 1 fully saturated rings. The summed E-state index contributed by atoms with van der Waals surface area (Å²) in [6.45, 7) is 4.05. The first-order valence-corrected chi connectivity index (χ1v) is 6.90. The fourth-order valence-corrected chi connectivity index (χ4v) is 2.36. The normalized spacial score (nSPS) is 15.4. The SMILES string of the molecule is Cc1ccc(Cl)c(NC(=O)CN(C)C2CNC2)c1Cl. The Kier molecular flexibility index (Phi) is 4.68. The van der Waals surface area contributed by atoms with E-state index in [0.717, 1.165) is 18.7 Å². The number of carbonyl (C=O) groups excluding carboxylic acids is 1. The van der Waals surface area contributed by atoms with Crippen LogP contribution in [-0.2, 0) is 4.79 Å². The topological polar surface area (TPSA) is 44.4 Å². The molecule has 2 N–H and O–H groups in total. The Morgan fingerprint density at radius 3 is 2.74 bits per heavy atom. The van der Waals surface area contributed by atoms with Crippen molar-refractivity contribution in [3.63, 3.8) is 0 Å². The fourth-order valence-electron chi connectivity index (χ4n) is 1.89. The predicted molar refractivity (Wildman–Crippen MR) is 79.1 cm³/mol. The van der Waals surface area contributed by atoms with Crippen molar-refractivity contribution in [3.8, 4) is 0 Å². The van der Waals surface area contributed by atoms with Gasteiger partial charge in [-0.05, 0) is 25.6 Å². The summed E-state index contributed by atoms with van der Waals surface area (Å²) in [5, 5.41) is 6.91. The molecule has 0 saturated carbocycles. The molecule has 0 radical (unpaired) electrons. The Morgan fingerprint density at radius 2 is 2.16 bits per heavy atom. The number of hydrogen-bond donors (Lipinski definition) is 2. The van der Waals surface area contributed by atoms with E-state index in [-0.39, 0.29) is 5.91 Å². The Morgan fingerprint density at radius 1 is 1.47 bits per heavy atom. The van der Waals surface area contributed by atoms with Gasteiger partial charge in [0.05, 0.1) is 22.3 Å². The van der Waals surface area contributed by atoms with Crippen molar-refractivity contribution in [1.82, 2.24) is 10.2 Å². The van der Waals surface area contributed by atoms with Gasteiger partial charge >= 0.3 is 0 Å². The van der Waals surface area contributed by atoms with E-state index in [1.54, 1.807) is 6.07 Å². The molecule has 1 aliphatic heterocycles. The maximum absolute atomic E-state index is 12.0. The van der Waals surface area contributed by atoms with Crippen LogP contribution < -0.4 is 10.6 Å². The average Bonchev–Trinajstić information content (AvgIpc) is 2.27. The molecule has 19 heavy (non-hydrogen) atoms. The zero-order valence-electron chi connectivity index (χ0n) is 11.0. The van der Waals surface area contributed by atoms with Gasteiger partial charge in [0.25, 0.3) is 0 Å². The number of benzene rings is 1. The lowest BCUT2D eigenvalue weighted by Gasteiger charge is -2.35. The third kappa shape index (κ3) is 3.39. The summed E-state index contributed by atoms with van der Waals surface area (Å²) in [7, 11) is 1.94. The van der Waals surface area contributed by atoms with Crippen LogP contribution in [0.15, 0.2) is 12.1 Å². The first-order valence-electron chi connectivity index (χ1n) is 6.14. The van der Waals surface area contributed by atoms with Gasteiger partial charge in [-0.25, -0.2) is 0 Å². The lowest BCUT2D eigenvalue weighted by molar-refractivity contribution is -0.117. The highest BCUT2D eigenvalue weighted by Gasteiger charge is 2.23. The van der Waals surface area contributed by atoms with Crippen LogP contribution in [-0.4, -0.2) is 43.5 Å². The van der Waals surface area contributed by atoms with Gasteiger partial charge in [-0.3, -0.25) is 9.69 Å². The quantitative estimate of drug-likeness (QED) is 0.895. The van der Waals surface area contributed by atoms with Crippen molar-refractivity contribution in [1.29, 1.82) is 0 Å². The minimum atomic E-state index is -0.108. The van der Waals surface area contributed by atoms with Crippen LogP contribution >= 0.6 is 23.2 Å². The van der Waals surface area contributed by atoms with E-state index in [2.05, 4.69) is 10.6 Å². The number of rotatable bonds is 4. The highest BCUT2D eigenvalue weighted by atomic mass is 35.5. The van der Waals surface area contributed by atoms with Crippen LogP contribution in [0.4, 0.5) is 5.69 Å². The van der Waals surface area contributed by atoms with Crippen LogP contribution in [0.1, 0.15) is 5.56 Å². The van der Waals surface area contributed by atoms with Crippen LogP contribution in [0.2, 0.25) is 10.0 Å². The smallest absolute Gasteiger partial charge is 0.238 e. The molecule has 104 valence electrons. The number of halogens is 2. The second kappa shape index (κ2) is 6.09. The zero-order valence-corrected chi connectivity index (χ0v) is 12.5. The van der Waals surface area contributed by atoms with Gasteiger partial charge in [0, 0.05) is 19.1 Å². The molecule has 1 aromatic carbocycles. The molecule has 1 amide bonds. The highest BCUT2D eigenvalue weighted by Crippen LogP contribution is 2.32. The molecule has 0 unspecified atom stereocenters. The minimum absolute atomic E-state index is 0.108. The largest absolute Gasteiger partial charge is 0.322 e. The average molecular weight is 302 g/mol. The Hall–Kier alpha value is -0.810. The number of anilines is 1. The second-order valence-electron chi connectivity index (χ2n) is 4.83. The molecule has 4 nitrogen and oxygen atoms in total. The maximum Gasteiger partial charge on any atom is 0.238 e. The summed E-state index contributed by atoms with van der Waals surface area (Å²) in [5.41, 5.74) is 1.38. The molecular weight excluding hydrogens is 285 g/mol. The molecule has 1 aliphatic rings. The first-order chi connectivity index (χ1) is 8.99. The number of amides is 1. The molecule has 1 heterocycles. The van der Waals surface area contributed by atoms with Gasteiger partial charge in [-0.2, -0.15) is 0 Å². The lowest BCUT2D eigenvalue weighted by atomic mass is 10.1. The number of nitrogens with one attached hydrogen (secondary N) is 2. The highest BCUT2D eigenvalue weighted by molar-refractivity contribution is 6.40. The standard InChI is InChI=1S/C13H17Cl2N3O/c1-8-3-4-10(14)13(12(8)15)17-11(19)7-18(2)9-5-16-6-9/h3-4,9,16H,5-7H2,1-2H3,(H,17,19). The van der Waals surface area contributed by atoms with Gasteiger partial charge in [0.1, 0.15) is 0 Å². The van der Waals surface area contributed by atoms with Gasteiger partial charge in [-0.1, -0.05) is 29.3 Å². The molecular formula is C13H17Cl2N3O. The summed E-state index contributed by atoms with van der Waals surface area (Å²) >= 11 is 12.2. The number of carbonyl (C=O) groups is 1. The molecule has 0 atom stereocenters. The number of aryl methyl sites for hydroxylation is 1. The minimum Gasteiger partial charge on any atom is -0.322 e. The van der Waals surface area contributed by atoms with Crippen molar-refractivity contribution >= 4 is 34.8 Å². The third-order valence-corrected chi connectivity index (χ3v) is 4.13. The molecule has 2 rings (SSSR count). The molecule has 1 aromatic rings. The van der Waals surface area contributed by atoms with E-state index in [1.165, 1.54) is 0 Å². The van der Waals surface area contributed by atoms with Gasteiger partial charge in [0.15, 0.2) is 0 Å². The van der Waals surface area contributed by atoms with E-state index in [1.807, 2.05) is 24.9 Å². The Labute approximate surface area is 123 Å².